The van der Waals surface area contributed by atoms with Crippen molar-refractivity contribution in [2.24, 2.45) is 5.41 Å². The van der Waals surface area contributed by atoms with Crippen LogP contribution in [0.2, 0.25) is 0 Å². The number of carbonyl (C=O) groups is 3. The molecule has 0 saturated carbocycles. The molecule has 3 atom stereocenters. The summed E-state index contributed by atoms with van der Waals surface area (Å²) in [6.45, 7) is 0. The van der Waals surface area contributed by atoms with Crippen LogP contribution < -0.4 is 4.90 Å². The summed E-state index contributed by atoms with van der Waals surface area (Å²) in [6.07, 6.45) is 3.85. The number of halogens is 1. The molecule has 3 aromatic carbocycles. The number of ketones is 2. The molecule has 6 heteroatoms. The van der Waals surface area contributed by atoms with Gasteiger partial charge in [-0.25, -0.2) is 4.79 Å². The largest absolute Gasteiger partial charge is 0.467 e. The Morgan fingerprint density at radius 2 is 1.53 bits per heavy atom. The number of fused-ring (bicyclic) bond motifs is 5. The van der Waals surface area contributed by atoms with Gasteiger partial charge in [0, 0.05) is 27.2 Å². The monoisotopic (exact) mass is 513 g/mol. The van der Waals surface area contributed by atoms with Crippen molar-refractivity contribution in [2.45, 2.75) is 18.0 Å². The molecule has 1 fully saturated rings. The summed E-state index contributed by atoms with van der Waals surface area (Å²) in [5, 5.41) is 0. The van der Waals surface area contributed by atoms with E-state index in [1.807, 2.05) is 65.6 Å². The van der Waals surface area contributed by atoms with Gasteiger partial charge in [-0.05, 0) is 29.3 Å². The number of nitrogens with zero attached hydrogens (tertiary/aromatic N) is 1. The molecule has 1 saturated heterocycles. The van der Waals surface area contributed by atoms with E-state index in [0.717, 1.165) is 21.3 Å². The van der Waals surface area contributed by atoms with E-state index in [2.05, 4.69) is 15.9 Å². The molecule has 5 nitrogen and oxygen atoms in total. The summed E-state index contributed by atoms with van der Waals surface area (Å²) in [4.78, 5) is 43.9. The molecule has 0 aromatic heterocycles. The Kier molecular flexibility index (Phi) is 4.64. The number of esters is 1. The van der Waals surface area contributed by atoms with Crippen LogP contribution in [0.25, 0.3) is 6.08 Å². The lowest BCUT2D eigenvalue weighted by molar-refractivity contribution is -0.142. The first kappa shape index (κ1) is 21.1. The average Bonchev–Trinajstić information content (AvgIpc) is 3.31. The van der Waals surface area contributed by atoms with Crippen LogP contribution in [0.4, 0.5) is 5.69 Å². The zero-order valence-corrected chi connectivity index (χ0v) is 19.9. The second-order valence-corrected chi connectivity index (χ2v) is 9.76. The number of anilines is 1. The van der Waals surface area contributed by atoms with E-state index in [1.54, 1.807) is 24.3 Å². The molecule has 2 aliphatic heterocycles. The van der Waals surface area contributed by atoms with E-state index in [1.165, 1.54) is 7.11 Å². The summed E-state index contributed by atoms with van der Waals surface area (Å²) in [5.41, 5.74) is 1.81. The first-order valence-electron chi connectivity index (χ1n) is 11.1. The minimum Gasteiger partial charge on any atom is -0.467 e. The van der Waals surface area contributed by atoms with Gasteiger partial charge in [-0.3, -0.25) is 9.59 Å². The molecule has 3 aliphatic rings. The molecule has 168 valence electrons. The Morgan fingerprint density at radius 1 is 0.912 bits per heavy atom. The van der Waals surface area contributed by atoms with Gasteiger partial charge in [0.15, 0.2) is 11.6 Å². The zero-order chi connectivity index (χ0) is 23.6. The van der Waals surface area contributed by atoms with Gasteiger partial charge >= 0.3 is 5.97 Å². The maximum Gasteiger partial charge on any atom is 0.329 e. The lowest BCUT2D eigenvalue weighted by atomic mass is 9.65. The van der Waals surface area contributed by atoms with E-state index in [0.29, 0.717) is 11.1 Å². The minimum atomic E-state index is -1.49. The fourth-order valence-electron chi connectivity index (χ4n) is 6.05. The van der Waals surface area contributed by atoms with Gasteiger partial charge in [-0.1, -0.05) is 82.7 Å². The van der Waals surface area contributed by atoms with Gasteiger partial charge in [0.05, 0.1) is 13.2 Å². The summed E-state index contributed by atoms with van der Waals surface area (Å²) < 4.78 is 6.16. The molecule has 0 N–H and O–H groups in total. The predicted octanol–water partition coefficient (Wildman–Crippen LogP) is 5.06. The smallest absolute Gasteiger partial charge is 0.329 e. The third kappa shape index (κ3) is 2.57. The first-order chi connectivity index (χ1) is 16.5. The summed E-state index contributed by atoms with van der Waals surface area (Å²) in [5.74, 6) is -1.70. The zero-order valence-electron chi connectivity index (χ0n) is 18.3. The maximum atomic E-state index is 14.3. The molecule has 3 aromatic rings. The highest BCUT2D eigenvalue weighted by Gasteiger charge is 2.71. The highest BCUT2D eigenvalue weighted by atomic mass is 79.9. The topological polar surface area (TPSA) is 63.7 Å². The molecular weight excluding hydrogens is 494 g/mol. The summed E-state index contributed by atoms with van der Waals surface area (Å²) >= 11 is 3.47. The number of rotatable bonds is 2. The Bertz CT molecular complexity index is 1360. The van der Waals surface area contributed by atoms with Crippen molar-refractivity contribution in [1.82, 2.24) is 0 Å². The van der Waals surface area contributed by atoms with Crippen molar-refractivity contribution in [3.8, 4) is 0 Å². The summed E-state index contributed by atoms with van der Waals surface area (Å²) in [7, 11) is 1.35. The van der Waals surface area contributed by atoms with Gasteiger partial charge in [-0.2, -0.15) is 0 Å². The molecule has 0 unspecified atom stereocenters. The van der Waals surface area contributed by atoms with E-state index in [4.69, 9.17) is 4.74 Å². The molecule has 0 amide bonds. The van der Waals surface area contributed by atoms with Gasteiger partial charge < -0.3 is 9.64 Å². The third-order valence-electron chi connectivity index (χ3n) is 7.38. The highest BCUT2D eigenvalue weighted by Crippen LogP contribution is 2.60. The molecule has 1 aliphatic carbocycles. The van der Waals surface area contributed by atoms with Gasteiger partial charge in [-0.15, -0.1) is 0 Å². The number of Topliss-reactive ketones (excluding diaryl/α,β-unsaturated/α-hetero) is 2. The Labute approximate surface area is 205 Å². The van der Waals surface area contributed by atoms with Crippen molar-refractivity contribution < 1.29 is 19.1 Å². The van der Waals surface area contributed by atoms with E-state index in [9.17, 15) is 14.4 Å². The highest BCUT2D eigenvalue weighted by molar-refractivity contribution is 9.10. The number of carbonyl (C=O) groups excluding carboxylic acids is 3. The standard InChI is InChI=1S/C28H20BrNO4/c1-34-27(33)24-23(17-10-13-18(29)14-11-17)28(25(31)19-7-3-4-8-20(19)26(28)32)22-15-12-16-6-2-5-9-21(16)30(22)24/h2-15,22-24H,1H3/t22-,23+,24-/m0/s1. The first-order valence-corrected chi connectivity index (χ1v) is 11.9. The van der Waals surface area contributed by atoms with E-state index in [-0.39, 0.29) is 11.6 Å². The number of benzene rings is 3. The Hall–Kier alpha value is -3.51. The molecule has 0 radical (unpaired) electrons. The quantitative estimate of drug-likeness (QED) is 0.354. The normalized spacial score (nSPS) is 23.6. The van der Waals surface area contributed by atoms with E-state index >= 15 is 0 Å². The van der Waals surface area contributed by atoms with E-state index < -0.39 is 29.4 Å². The van der Waals surface area contributed by atoms with Crippen LogP contribution in [0.1, 0.15) is 37.8 Å². The number of hydrogen-bond acceptors (Lipinski definition) is 5. The maximum absolute atomic E-state index is 14.3. The fraction of sp³-hybridized carbons (Fsp3) is 0.179. The van der Waals surface area contributed by atoms with Crippen LogP contribution >= 0.6 is 15.9 Å². The molecule has 34 heavy (non-hydrogen) atoms. The van der Waals surface area contributed by atoms with Crippen LogP contribution in [-0.4, -0.2) is 36.7 Å². The second kappa shape index (κ2) is 7.50. The minimum absolute atomic E-state index is 0.244. The van der Waals surface area contributed by atoms with Gasteiger partial charge in [0.2, 0.25) is 0 Å². The number of methoxy groups -OCH3 is 1. The molecule has 6 rings (SSSR count). The molecule has 1 spiro atoms. The van der Waals surface area contributed by atoms with Crippen LogP contribution in [0.15, 0.2) is 83.3 Å². The Balaban J connectivity index is 1.69. The van der Waals surface area contributed by atoms with Crippen LogP contribution in [-0.2, 0) is 9.53 Å². The number of para-hydroxylation sites is 1. The average molecular weight is 514 g/mol. The van der Waals surface area contributed by atoms with Crippen molar-refractivity contribution in [2.75, 3.05) is 12.0 Å². The second-order valence-electron chi connectivity index (χ2n) is 8.84. The molecule has 0 bridgehead atoms. The lowest BCUT2D eigenvalue weighted by Gasteiger charge is -2.36. The van der Waals surface area contributed by atoms with Crippen LogP contribution in [0.5, 0.6) is 0 Å². The SMILES string of the molecule is COC(=O)[C@@H]1[C@@H](c2ccc(Br)cc2)C2(C(=O)c3ccccc3C2=O)[C@@H]2C=Cc3ccccc3N12. The lowest BCUT2D eigenvalue weighted by Crippen LogP contribution is -2.48. The van der Waals surface area contributed by atoms with Crippen molar-refractivity contribution in [1.29, 1.82) is 0 Å². The Morgan fingerprint density at radius 3 is 2.18 bits per heavy atom. The van der Waals surface area contributed by atoms with Gasteiger partial charge in [0.1, 0.15) is 11.5 Å². The summed E-state index contributed by atoms with van der Waals surface area (Å²) in [6, 6.07) is 20.7. The number of hydrogen-bond donors (Lipinski definition) is 0. The van der Waals surface area contributed by atoms with Crippen molar-refractivity contribution >= 4 is 45.2 Å². The number of ether oxygens (including phenoxy) is 1. The van der Waals surface area contributed by atoms with Crippen molar-refractivity contribution in [3.05, 3.63) is 106 Å². The molecule has 2 heterocycles. The predicted molar refractivity (Wildman–Crippen MR) is 132 cm³/mol. The molecular formula is C28H20BrNO4. The van der Waals surface area contributed by atoms with Crippen molar-refractivity contribution in [3.63, 3.8) is 0 Å². The fourth-order valence-corrected chi connectivity index (χ4v) is 6.32. The van der Waals surface area contributed by atoms with Gasteiger partial charge in [0.25, 0.3) is 0 Å². The van der Waals surface area contributed by atoms with Crippen LogP contribution in [0, 0.1) is 5.41 Å². The third-order valence-corrected chi connectivity index (χ3v) is 7.91. The van der Waals surface area contributed by atoms with Crippen LogP contribution in [0.3, 0.4) is 0 Å².